The molecule has 2 rings (SSSR count). The summed E-state index contributed by atoms with van der Waals surface area (Å²) in [5, 5.41) is 28.9. The van der Waals surface area contributed by atoms with Crippen molar-refractivity contribution in [1.29, 1.82) is 0 Å². The van der Waals surface area contributed by atoms with Gasteiger partial charge in [-0.05, 0) is 44.4 Å². The first-order valence-corrected chi connectivity index (χ1v) is 8.23. The van der Waals surface area contributed by atoms with E-state index in [0.29, 0.717) is 6.54 Å². The smallest absolute Gasteiger partial charge is 0.414 e. The summed E-state index contributed by atoms with van der Waals surface area (Å²) in [5.74, 6) is -2.87. The van der Waals surface area contributed by atoms with Gasteiger partial charge in [0.15, 0.2) is 0 Å². The molecule has 1 atom stereocenters. The van der Waals surface area contributed by atoms with Crippen molar-refractivity contribution < 1.29 is 29.6 Å². The largest absolute Gasteiger partial charge is 0.490 e. The Labute approximate surface area is 149 Å². The summed E-state index contributed by atoms with van der Waals surface area (Å²) in [6.45, 7) is 6.99. The Bertz CT molecular complexity index is 698. The van der Waals surface area contributed by atoms with Crippen molar-refractivity contribution in [3.8, 4) is 5.75 Å². The second-order valence-corrected chi connectivity index (χ2v) is 7.03. The molecule has 25 heavy (non-hydrogen) atoms. The molecule has 8 nitrogen and oxygen atoms in total. The first kappa shape index (κ1) is 20.8. The Morgan fingerprint density at radius 2 is 1.92 bits per heavy atom. The summed E-state index contributed by atoms with van der Waals surface area (Å²) < 4.78 is 10.9. The fourth-order valence-electron chi connectivity index (χ4n) is 1.66. The third-order valence-corrected chi connectivity index (χ3v) is 3.60. The first-order chi connectivity index (χ1) is 11.6. The van der Waals surface area contributed by atoms with E-state index in [0.717, 1.165) is 15.8 Å². The summed E-state index contributed by atoms with van der Waals surface area (Å²) in [6.07, 6.45) is 1.27. The number of carbonyl (C=O) groups is 2. The molecule has 0 fully saturated rings. The molecular weight excluding hydrogens is 348 g/mol. The summed E-state index contributed by atoms with van der Waals surface area (Å²) in [6, 6.07) is 5.85. The Kier molecular flexibility index (Phi) is 7.75. The minimum Gasteiger partial charge on any atom is -0.490 e. The van der Waals surface area contributed by atoms with E-state index in [9.17, 15) is 5.11 Å². The van der Waals surface area contributed by atoms with Crippen molar-refractivity contribution >= 4 is 33.6 Å². The lowest BCUT2D eigenvalue weighted by Gasteiger charge is -2.23. The predicted octanol–water partition coefficient (Wildman–Crippen LogP) is 1.58. The number of β-amino-alcohol motifs (C(OH)–C–C–N with tert-alkyl or cyclic N) is 1. The molecule has 0 amide bonds. The van der Waals surface area contributed by atoms with Gasteiger partial charge in [-0.15, -0.1) is 0 Å². The van der Waals surface area contributed by atoms with E-state index in [-0.39, 0.29) is 12.1 Å². The lowest BCUT2D eigenvalue weighted by atomic mass is 10.1. The third-order valence-electron chi connectivity index (χ3n) is 2.84. The molecule has 0 aliphatic heterocycles. The third kappa shape index (κ3) is 7.92. The highest BCUT2D eigenvalue weighted by atomic mass is 32.1. The van der Waals surface area contributed by atoms with Gasteiger partial charge in [0.25, 0.3) is 0 Å². The zero-order chi connectivity index (χ0) is 19.0. The number of nitrogens with zero attached hydrogens (tertiary/aromatic N) is 1. The Hall–Kier alpha value is -2.23. The number of hydrogen-bond acceptors (Lipinski definition) is 7. The second kappa shape index (κ2) is 9.30. The van der Waals surface area contributed by atoms with Gasteiger partial charge in [0.05, 0.1) is 16.3 Å². The van der Waals surface area contributed by atoms with Crippen LogP contribution in [0, 0.1) is 0 Å². The maximum absolute atomic E-state index is 9.90. The Morgan fingerprint density at radius 1 is 1.28 bits per heavy atom. The zero-order valence-electron chi connectivity index (χ0n) is 14.2. The van der Waals surface area contributed by atoms with Crippen LogP contribution in [0.25, 0.3) is 10.1 Å². The predicted molar refractivity (Wildman–Crippen MR) is 94.1 cm³/mol. The van der Waals surface area contributed by atoms with Crippen molar-refractivity contribution in [3.05, 3.63) is 24.4 Å². The molecule has 138 valence electrons. The van der Waals surface area contributed by atoms with Crippen LogP contribution in [0.2, 0.25) is 0 Å². The number of fused-ring (bicyclic) bond motifs is 1. The van der Waals surface area contributed by atoms with Gasteiger partial charge in [-0.1, -0.05) is 6.07 Å². The highest BCUT2D eigenvalue weighted by molar-refractivity contribution is 7.13. The van der Waals surface area contributed by atoms with Crippen LogP contribution in [0.15, 0.2) is 24.4 Å². The molecule has 0 saturated heterocycles. The number of ether oxygens (including phenoxy) is 1. The van der Waals surface area contributed by atoms with Crippen LogP contribution in [0.3, 0.4) is 0 Å². The monoisotopic (exact) mass is 370 g/mol. The minimum absolute atomic E-state index is 0.00171. The van der Waals surface area contributed by atoms with E-state index in [4.69, 9.17) is 24.5 Å². The number of carboxylic acid groups (broad SMARTS) is 2. The number of carboxylic acids is 2. The number of benzene rings is 1. The molecule has 1 heterocycles. The summed E-state index contributed by atoms with van der Waals surface area (Å²) >= 11 is 1.44. The molecule has 9 heteroatoms. The van der Waals surface area contributed by atoms with E-state index in [1.807, 2.05) is 18.2 Å². The number of aliphatic hydroxyl groups is 1. The van der Waals surface area contributed by atoms with Gasteiger partial charge < -0.3 is 25.4 Å². The highest BCUT2D eigenvalue weighted by Gasteiger charge is 2.13. The fraction of sp³-hybridized carbons (Fsp3) is 0.438. The van der Waals surface area contributed by atoms with Crippen LogP contribution in [-0.4, -0.2) is 56.4 Å². The standard InChI is InChI=1S/C14H20N2O2S.C2H2O4/c1-14(2,3)15-7-10(17)9-18-12-5-4-6-13-11(12)8-16-19-13;3-1(4)2(5)6/h4-6,8,10,15,17H,7,9H2,1-3H3;(H,3,4)(H,5,6). The van der Waals surface area contributed by atoms with E-state index in [1.165, 1.54) is 11.5 Å². The van der Waals surface area contributed by atoms with E-state index < -0.39 is 18.0 Å². The molecule has 0 aliphatic carbocycles. The van der Waals surface area contributed by atoms with Crippen molar-refractivity contribution in [2.75, 3.05) is 13.2 Å². The fourth-order valence-corrected chi connectivity index (χ4v) is 2.32. The topological polar surface area (TPSA) is 129 Å². The van der Waals surface area contributed by atoms with Crippen molar-refractivity contribution in [2.24, 2.45) is 0 Å². The minimum atomic E-state index is -1.82. The lowest BCUT2D eigenvalue weighted by molar-refractivity contribution is -0.159. The van der Waals surface area contributed by atoms with Gasteiger partial charge in [0, 0.05) is 12.1 Å². The number of aliphatic hydroxyl groups excluding tert-OH is 1. The maximum atomic E-state index is 9.90. The first-order valence-electron chi connectivity index (χ1n) is 7.45. The molecule has 0 saturated carbocycles. The van der Waals surface area contributed by atoms with E-state index >= 15 is 0 Å². The normalized spacial score (nSPS) is 12.2. The van der Waals surface area contributed by atoms with Crippen LogP contribution >= 0.6 is 11.5 Å². The van der Waals surface area contributed by atoms with Crippen LogP contribution in [0.5, 0.6) is 5.75 Å². The second-order valence-electron chi connectivity index (χ2n) is 6.20. The quantitative estimate of drug-likeness (QED) is 0.584. The number of rotatable bonds is 5. The molecule has 2 aromatic rings. The molecule has 1 aromatic heterocycles. The molecule has 1 aromatic carbocycles. The average Bonchev–Trinajstić information content (AvgIpc) is 2.99. The average molecular weight is 370 g/mol. The van der Waals surface area contributed by atoms with Crippen LogP contribution in [-0.2, 0) is 9.59 Å². The molecule has 1 unspecified atom stereocenters. The molecule has 0 bridgehead atoms. The highest BCUT2D eigenvalue weighted by Crippen LogP contribution is 2.27. The SMILES string of the molecule is CC(C)(C)NCC(O)COc1cccc2sncc12.O=C(O)C(=O)O. The molecule has 4 N–H and O–H groups in total. The van der Waals surface area contributed by atoms with Crippen LogP contribution in [0.1, 0.15) is 20.8 Å². The molecule has 0 radical (unpaired) electrons. The number of hydrogen-bond donors (Lipinski definition) is 4. The van der Waals surface area contributed by atoms with Gasteiger partial charge in [0.1, 0.15) is 18.5 Å². The van der Waals surface area contributed by atoms with Crippen LogP contribution in [0.4, 0.5) is 0 Å². The lowest BCUT2D eigenvalue weighted by Crippen LogP contribution is -2.42. The molecule has 0 spiro atoms. The van der Waals surface area contributed by atoms with Crippen LogP contribution < -0.4 is 10.1 Å². The van der Waals surface area contributed by atoms with Gasteiger partial charge in [-0.3, -0.25) is 0 Å². The number of aliphatic carboxylic acids is 2. The zero-order valence-corrected chi connectivity index (χ0v) is 15.0. The molecule has 0 aliphatic rings. The number of aromatic nitrogens is 1. The van der Waals surface area contributed by atoms with E-state index in [2.05, 4.69) is 30.5 Å². The Balaban J connectivity index is 0.000000450. The van der Waals surface area contributed by atoms with Gasteiger partial charge in [0.2, 0.25) is 0 Å². The maximum Gasteiger partial charge on any atom is 0.414 e. The Morgan fingerprint density at radius 3 is 2.48 bits per heavy atom. The summed E-state index contributed by atoms with van der Waals surface area (Å²) in [5.41, 5.74) is -0.00171. The van der Waals surface area contributed by atoms with Crippen molar-refractivity contribution in [3.63, 3.8) is 0 Å². The molecular formula is C16H22N2O6S. The van der Waals surface area contributed by atoms with Crippen molar-refractivity contribution in [1.82, 2.24) is 9.69 Å². The van der Waals surface area contributed by atoms with Gasteiger partial charge >= 0.3 is 11.9 Å². The van der Waals surface area contributed by atoms with Crippen molar-refractivity contribution in [2.45, 2.75) is 32.4 Å². The van der Waals surface area contributed by atoms with E-state index in [1.54, 1.807) is 6.20 Å². The summed E-state index contributed by atoms with van der Waals surface area (Å²) in [4.78, 5) is 18.2. The van der Waals surface area contributed by atoms with Gasteiger partial charge in [-0.2, -0.15) is 4.37 Å². The summed E-state index contributed by atoms with van der Waals surface area (Å²) in [7, 11) is 0. The van der Waals surface area contributed by atoms with Gasteiger partial charge in [-0.25, -0.2) is 9.59 Å². The number of nitrogens with one attached hydrogen (secondary N) is 1.